The highest BCUT2D eigenvalue weighted by Crippen LogP contribution is 2.21. The molecule has 9 heteroatoms. The zero-order chi connectivity index (χ0) is 19.2. The second-order valence-electron chi connectivity index (χ2n) is 5.98. The monoisotopic (exact) mass is 413 g/mol. The van der Waals surface area contributed by atoms with Crippen molar-refractivity contribution in [2.45, 2.75) is 4.90 Å². The van der Waals surface area contributed by atoms with Crippen LogP contribution in [0.25, 0.3) is 0 Å². The van der Waals surface area contributed by atoms with E-state index in [-0.39, 0.29) is 4.90 Å². The van der Waals surface area contributed by atoms with E-state index in [9.17, 15) is 8.42 Å². The quantitative estimate of drug-likeness (QED) is 0.518. The number of quaternary nitrogens is 1. The van der Waals surface area contributed by atoms with Crippen molar-refractivity contribution < 1.29 is 13.3 Å². The first-order valence-electron chi connectivity index (χ1n) is 7.98. The molecular formula is C17H22ClN4O2S2+. The summed E-state index contributed by atoms with van der Waals surface area (Å²) in [6.45, 7) is 1.64. The van der Waals surface area contributed by atoms with Crippen LogP contribution in [0.4, 0.5) is 11.4 Å². The van der Waals surface area contributed by atoms with Crippen LogP contribution in [0.3, 0.4) is 0 Å². The van der Waals surface area contributed by atoms with Gasteiger partial charge in [0.1, 0.15) is 0 Å². The van der Waals surface area contributed by atoms with Crippen molar-refractivity contribution in [3.05, 3.63) is 53.6 Å². The highest BCUT2D eigenvalue weighted by molar-refractivity contribution is 7.92. The Morgan fingerprint density at radius 2 is 1.81 bits per heavy atom. The summed E-state index contributed by atoms with van der Waals surface area (Å²) < 4.78 is 27.6. The summed E-state index contributed by atoms with van der Waals surface area (Å²) in [6.07, 6.45) is 0. The molecule has 0 spiro atoms. The van der Waals surface area contributed by atoms with Crippen molar-refractivity contribution in [3.8, 4) is 0 Å². The maximum absolute atomic E-state index is 12.6. The van der Waals surface area contributed by atoms with E-state index in [4.69, 9.17) is 23.8 Å². The van der Waals surface area contributed by atoms with Crippen molar-refractivity contribution in [1.29, 1.82) is 0 Å². The third-order valence-corrected chi connectivity index (χ3v) is 5.25. The predicted octanol–water partition coefficient (Wildman–Crippen LogP) is 1.57. The van der Waals surface area contributed by atoms with Crippen LogP contribution in [0.5, 0.6) is 0 Å². The Morgan fingerprint density at radius 1 is 1.12 bits per heavy atom. The molecule has 4 N–H and O–H groups in total. The van der Waals surface area contributed by atoms with Crippen molar-refractivity contribution in [2.75, 3.05) is 37.2 Å². The molecule has 0 aromatic heterocycles. The van der Waals surface area contributed by atoms with Crippen molar-refractivity contribution >= 4 is 50.3 Å². The van der Waals surface area contributed by atoms with E-state index in [2.05, 4.69) is 29.5 Å². The van der Waals surface area contributed by atoms with E-state index < -0.39 is 10.0 Å². The number of likely N-dealkylation sites (N-methyl/N-ethyl adjacent to an activating group) is 1. The molecule has 6 nitrogen and oxygen atoms in total. The molecule has 0 fully saturated rings. The number of hydrogen-bond acceptors (Lipinski definition) is 3. The lowest BCUT2D eigenvalue weighted by Crippen LogP contribution is -3.06. The third-order valence-electron chi connectivity index (χ3n) is 3.39. The fourth-order valence-electron chi connectivity index (χ4n) is 2.11. The highest BCUT2D eigenvalue weighted by atomic mass is 35.5. The van der Waals surface area contributed by atoms with Gasteiger partial charge in [0, 0.05) is 10.7 Å². The smallest absolute Gasteiger partial charge is 0.261 e. The molecule has 0 heterocycles. The van der Waals surface area contributed by atoms with Gasteiger partial charge in [0.15, 0.2) is 5.11 Å². The molecule has 0 amide bonds. The van der Waals surface area contributed by atoms with Crippen molar-refractivity contribution in [3.63, 3.8) is 0 Å². The lowest BCUT2D eigenvalue weighted by Gasteiger charge is -2.13. The summed E-state index contributed by atoms with van der Waals surface area (Å²) in [5, 5.41) is 6.99. The first-order valence-corrected chi connectivity index (χ1v) is 10.3. The fourth-order valence-corrected chi connectivity index (χ4v) is 3.61. The second-order valence-corrected chi connectivity index (χ2v) is 8.51. The Balaban J connectivity index is 2.06. The van der Waals surface area contributed by atoms with Gasteiger partial charge in [-0.25, -0.2) is 8.42 Å². The van der Waals surface area contributed by atoms with Gasteiger partial charge in [-0.3, -0.25) is 4.72 Å². The Hall–Kier alpha value is -1.87. The molecule has 0 bridgehead atoms. The van der Waals surface area contributed by atoms with Crippen LogP contribution in [0, 0.1) is 0 Å². The molecule has 2 aromatic carbocycles. The Bertz CT molecular complexity index is 873. The van der Waals surface area contributed by atoms with Gasteiger partial charge >= 0.3 is 0 Å². The lowest BCUT2D eigenvalue weighted by atomic mass is 10.3. The molecular weight excluding hydrogens is 392 g/mol. The van der Waals surface area contributed by atoms with E-state index >= 15 is 0 Å². The van der Waals surface area contributed by atoms with Crippen LogP contribution in [0.1, 0.15) is 0 Å². The molecule has 140 valence electrons. The van der Waals surface area contributed by atoms with Gasteiger partial charge in [0.05, 0.1) is 37.8 Å². The molecule has 0 aliphatic carbocycles. The highest BCUT2D eigenvalue weighted by Gasteiger charge is 2.15. The first kappa shape index (κ1) is 20.4. The average molecular weight is 414 g/mol. The molecule has 0 radical (unpaired) electrons. The predicted molar refractivity (Wildman–Crippen MR) is 111 cm³/mol. The summed E-state index contributed by atoms with van der Waals surface area (Å²) >= 11 is 11.1. The SMILES string of the molecule is C[NH+](C)CCNC(=S)Nc1cccc(S(=O)(=O)Nc2cccc(Cl)c2)c1. The standard InChI is InChI=1S/C17H21ClN4O2S2/c1-22(2)10-9-19-17(25)20-14-6-4-8-16(12-14)26(23,24)21-15-7-3-5-13(18)11-15/h3-8,11-12,21H,9-10H2,1-2H3,(H2,19,20,25)/p+1. The van der Waals surface area contributed by atoms with E-state index in [1.54, 1.807) is 36.4 Å². The summed E-state index contributed by atoms with van der Waals surface area (Å²) in [4.78, 5) is 1.43. The fraction of sp³-hybridized carbons (Fsp3) is 0.235. The van der Waals surface area contributed by atoms with Gasteiger partial charge in [-0.1, -0.05) is 23.7 Å². The number of thiocarbonyl (C=S) groups is 1. The lowest BCUT2D eigenvalue weighted by molar-refractivity contribution is -0.856. The maximum atomic E-state index is 12.6. The number of anilines is 2. The second kappa shape index (κ2) is 9.18. The summed E-state index contributed by atoms with van der Waals surface area (Å²) in [5.41, 5.74) is 0.993. The number of nitrogens with one attached hydrogen (secondary N) is 4. The summed E-state index contributed by atoms with van der Waals surface area (Å²) in [5.74, 6) is 0. The summed E-state index contributed by atoms with van der Waals surface area (Å²) in [6, 6.07) is 13.0. The molecule has 26 heavy (non-hydrogen) atoms. The first-order chi connectivity index (χ1) is 12.3. The number of benzene rings is 2. The van der Waals surface area contributed by atoms with Gasteiger partial charge in [0.2, 0.25) is 0 Å². The van der Waals surface area contributed by atoms with Crippen molar-refractivity contribution in [1.82, 2.24) is 5.32 Å². The van der Waals surface area contributed by atoms with Crippen LogP contribution < -0.4 is 20.3 Å². The van der Waals surface area contributed by atoms with Crippen LogP contribution in [0.15, 0.2) is 53.4 Å². The van der Waals surface area contributed by atoms with Gasteiger partial charge in [-0.2, -0.15) is 0 Å². The largest absolute Gasteiger partial charge is 0.357 e. The topological polar surface area (TPSA) is 74.7 Å². The van der Waals surface area contributed by atoms with Gasteiger partial charge in [-0.15, -0.1) is 0 Å². The Labute approximate surface area is 164 Å². The van der Waals surface area contributed by atoms with Gasteiger partial charge in [-0.05, 0) is 48.6 Å². The third kappa shape index (κ3) is 6.45. The van der Waals surface area contributed by atoms with E-state index in [0.717, 1.165) is 13.1 Å². The minimum absolute atomic E-state index is 0.128. The molecule has 2 aromatic rings. The van der Waals surface area contributed by atoms with Crippen molar-refractivity contribution in [2.24, 2.45) is 0 Å². The molecule has 0 saturated heterocycles. The summed E-state index contributed by atoms with van der Waals surface area (Å²) in [7, 11) is 0.378. The number of halogens is 1. The minimum Gasteiger partial charge on any atom is -0.357 e. The molecule has 0 unspecified atom stereocenters. The maximum Gasteiger partial charge on any atom is 0.261 e. The number of hydrogen-bond donors (Lipinski definition) is 4. The molecule has 0 aliphatic rings. The van der Waals surface area contributed by atoms with Crippen LogP contribution in [0.2, 0.25) is 5.02 Å². The molecule has 0 saturated carbocycles. The number of sulfonamides is 1. The van der Waals surface area contributed by atoms with E-state index in [1.807, 2.05) is 0 Å². The van der Waals surface area contributed by atoms with E-state index in [1.165, 1.54) is 17.0 Å². The average Bonchev–Trinajstić information content (AvgIpc) is 2.54. The van der Waals surface area contributed by atoms with E-state index in [0.29, 0.717) is 21.5 Å². The van der Waals surface area contributed by atoms with Crippen LogP contribution in [-0.4, -0.2) is 40.7 Å². The normalized spacial score (nSPS) is 11.2. The number of rotatable bonds is 7. The van der Waals surface area contributed by atoms with Gasteiger partial charge in [0.25, 0.3) is 10.0 Å². The minimum atomic E-state index is -3.73. The molecule has 0 aliphatic heterocycles. The van der Waals surface area contributed by atoms with Gasteiger partial charge < -0.3 is 15.5 Å². The van der Waals surface area contributed by atoms with Crippen LogP contribution >= 0.6 is 23.8 Å². The Kier molecular flexibility index (Phi) is 7.22. The van der Waals surface area contributed by atoms with Crippen LogP contribution in [-0.2, 0) is 10.0 Å². The molecule has 2 rings (SSSR count). The zero-order valence-electron chi connectivity index (χ0n) is 14.5. The molecule has 0 atom stereocenters. The zero-order valence-corrected chi connectivity index (χ0v) is 16.9. The Morgan fingerprint density at radius 3 is 2.50 bits per heavy atom.